The predicted octanol–water partition coefficient (Wildman–Crippen LogP) is 1.95. The fraction of sp³-hybridized carbons (Fsp3) is 0.562. The molecule has 0 aliphatic carbocycles. The largest absolute Gasteiger partial charge is 0.341 e. The number of likely N-dealkylation sites (N-methyl/N-ethyl adjacent to an activating group) is 1. The third-order valence-electron chi connectivity index (χ3n) is 4.21. The van der Waals surface area contributed by atoms with Crippen molar-refractivity contribution in [2.45, 2.75) is 25.3 Å². The van der Waals surface area contributed by atoms with E-state index in [0.29, 0.717) is 6.04 Å². The highest BCUT2D eigenvalue weighted by Gasteiger charge is 2.24. The standard InChI is InChI=1S/C16H25N3O.2ClH/c1-18(10-7-14-5-3-2-4-6-14)15-8-11-19(12-9-15)16(20)13-17;;/h2-6,15H,7-13,17H2,1H3;2*1H. The molecule has 6 heteroatoms. The van der Waals surface area contributed by atoms with Gasteiger partial charge < -0.3 is 15.5 Å². The van der Waals surface area contributed by atoms with Gasteiger partial charge in [0.1, 0.15) is 0 Å². The topological polar surface area (TPSA) is 49.6 Å². The Bertz CT molecular complexity index is 423. The lowest BCUT2D eigenvalue weighted by atomic mass is 10.0. The number of rotatable bonds is 5. The number of likely N-dealkylation sites (tertiary alicyclic amines) is 1. The summed E-state index contributed by atoms with van der Waals surface area (Å²) in [6, 6.07) is 11.2. The van der Waals surface area contributed by atoms with Gasteiger partial charge in [0, 0.05) is 25.7 Å². The lowest BCUT2D eigenvalue weighted by molar-refractivity contribution is -0.131. The molecular weight excluding hydrogens is 321 g/mol. The van der Waals surface area contributed by atoms with Gasteiger partial charge in [0.05, 0.1) is 6.54 Å². The molecule has 0 saturated carbocycles. The number of piperidine rings is 1. The summed E-state index contributed by atoms with van der Waals surface area (Å²) in [7, 11) is 2.19. The molecule has 0 unspecified atom stereocenters. The number of benzene rings is 1. The van der Waals surface area contributed by atoms with Crippen LogP contribution in [0.3, 0.4) is 0 Å². The number of halogens is 2. The number of hydrogen-bond donors (Lipinski definition) is 1. The van der Waals surface area contributed by atoms with Crippen molar-refractivity contribution in [3.63, 3.8) is 0 Å². The molecule has 126 valence electrons. The monoisotopic (exact) mass is 347 g/mol. The molecule has 1 aromatic carbocycles. The lowest BCUT2D eigenvalue weighted by Crippen LogP contribution is -2.47. The van der Waals surface area contributed by atoms with Crippen LogP contribution in [0.5, 0.6) is 0 Å². The SMILES string of the molecule is CN(CCc1ccccc1)C1CCN(C(=O)CN)CC1.Cl.Cl. The Hall–Kier alpha value is -0.810. The van der Waals surface area contributed by atoms with E-state index in [1.165, 1.54) is 5.56 Å². The zero-order valence-electron chi connectivity index (χ0n) is 13.1. The zero-order valence-corrected chi connectivity index (χ0v) is 14.7. The molecule has 0 aromatic heterocycles. The van der Waals surface area contributed by atoms with Crippen LogP contribution in [0.2, 0.25) is 0 Å². The number of amides is 1. The number of carbonyl (C=O) groups excluding carboxylic acids is 1. The van der Waals surface area contributed by atoms with Crippen LogP contribution in [0, 0.1) is 0 Å². The van der Waals surface area contributed by atoms with Gasteiger partial charge in [-0.15, -0.1) is 24.8 Å². The summed E-state index contributed by atoms with van der Waals surface area (Å²) in [5.41, 5.74) is 6.79. The second-order valence-electron chi connectivity index (χ2n) is 5.53. The van der Waals surface area contributed by atoms with Crippen molar-refractivity contribution in [3.8, 4) is 0 Å². The lowest BCUT2D eigenvalue weighted by Gasteiger charge is -2.36. The van der Waals surface area contributed by atoms with Crippen LogP contribution in [0.25, 0.3) is 0 Å². The maximum Gasteiger partial charge on any atom is 0.236 e. The minimum Gasteiger partial charge on any atom is -0.341 e. The van der Waals surface area contributed by atoms with Crippen LogP contribution in [-0.4, -0.2) is 55.0 Å². The average molecular weight is 348 g/mol. The van der Waals surface area contributed by atoms with Gasteiger partial charge in [-0.2, -0.15) is 0 Å². The fourth-order valence-corrected chi connectivity index (χ4v) is 2.82. The summed E-state index contributed by atoms with van der Waals surface area (Å²) in [6.45, 7) is 2.89. The highest BCUT2D eigenvalue weighted by molar-refractivity contribution is 5.85. The summed E-state index contributed by atoms with van der Waals surface area (Å²) in [4.78, 5) is 15.9. The Labute approximate surface area is 145 Å². The van der Waals surface area contributed by atoms with Crippen molar-refractivity contribution in [3.05, 3.63) is 35.9 Å². The van der Waals surface area contributed by atoms with Crippen molar-refractivity contribution in [1.29, 1.82) is 0 Å². The van der Waals surface area contributed by atoms with Gasteiger partial charge in [0.2, 0.25) is 5.91 Å². The van der Waals surface area contributed by atoms with E-state index in [9.17, 15) is 4.79 Å². The van der Waals surface area contributed by atoms with E-state index in [1.54, 1.807) is 0 Å². The summed E-state index contributed by atoms with van der Waals surface area (Å²) < 4.78 is 0. The van der Waals surface area contributed by atoms with E-state index in [0.717, 1.165) is 38.9 Å². The Morgan fingerprint density at radius 3 is 2.36 bits per heavy atom. The first-order chi connectivity index (χ1) is 9.70. The summed E-state index contributed by atoms with van der Waals surface area (Å²) in [6.07, 6.45) is 3.19. The Balaban J connectivity index is 0.00000220. The molecule has 1 amide bonds. The fourth-order valence-electron chi connectivity index (χ4n) is 2.82. The molecule has 22 heavy (non-hydrogen) atoms. The van der Waals surface area contributed by atoms with Crippen LogP contribution in [0.4, 0.5) is 0 Å². The molecule has 1 aliphatic heterocycles. The number of nitrogens with zero attached hydrogens (tertiary/aromatic N) is 2. The molecule has 1 aliphatic rings. The van der Waals surface area contributed by atoms with Crippen molar-refractivity contribution >= 4 is 30.7 Å². The van der Waals surface area contributed by atoms with E-state index in [2.05, 4.69) is 42.3 Å². The summed E-state index contributed by atoms with van der Waals surface area (Å²) in [5, 5.41) is 0. The van der Waals surface area contributed by atoms with Gasteiger partial charge >= 0.3 is 0 Å². The van der Waals surface area contributed by atoms with Crippen molar-refractivity contribution in [1.82, 2.24) is 9.80 Å². The van der Waals surface area contributed by atoms with Gasteiger partial charge in [0.15, 0.2) is 0 Å². The first-order valence-electron chi connectivity index (χ1n) is 7.42. The van der Waals surface area contributed by atoms with Crippen molar-refractivity contribution in [2.75, 3.05) is 33.2 Å². The van der Waals surface area contributed by atoms with Crippen LogP contribution in [-0.2, 0) is 11.2 Å². The summed E-state index contributed by atoms with van der Waals surface area (Å²) in [5.74, 6) is 0.0791. The van der Waals surface area contributed by atoms with E-state index >= 15 is 0 Å². The molecule has 0 bridgehead atoms. The van der Waals surface area contributed by atoms with Crippen LogP contribution < -0.4 is 5.73 Å². The molecule has 1 fully saturated rings. The molecular formula is C16H27Cl2N3O. The number of carbonyl (C=O) groups is 1. The first kappa shape index (κ1) is 21.2. The normalized spacial score (nSPS) is 15.1. The molecule has 0 atom stereocenters. The third-order valence-corrected chi connectivity index (χ3v) is 4.21. The van der Waals surface area contributed by atoms with Crippen LogP contribution in [0.1, 0.15) is 18.4 Å². The molecule has 1 aromatic rings. The van der Waals surface area contributed by atoms with Crippen molar-refractivity contribution in [2.24, 2.45) is 5.73 Å². The van der Waals surface area contributed by atoms with Gasteiger partial charge in [-0.05, 0) is 31.9 Å². The van der Waals surface area contributed by atoms with E-state index < -0.39 is 0 Å². The Morgan fingerprint density at radius 1 is 1.23 bits per heavy atom. The molecule has 0 radical (unpaired) electrons. The van der Waals surface area contributed by atoms with Gasteiger partial charge in [-0.1, -0.05) is 30.3 Å². The average Bonchev–Trinajstić information content (AvgIpc) is 2.53. The Kier molecular flexibility index (Phi) is 10.4. The molecule has 1 heterocycles. The van der Waals surface area contributed by atoms with E-state index in [4.69, 9.17) is 5.73 Å². The molecule has 1 saturated heterocycles. The van der Waals surface area contributed by atoms with Gasteiger partial charge in [0.25, 0.3) is 0 Å². The number of nitrogens with two attached hydrogens (primary N) is 1. The Morgan fingerprint density at radius 2 is 1.82 bits per heavy atom. The minimum absolute atomic E-state index is 0. The minimum atomic E-state index is 0. The van der Waals surface area contributed by atoms with Gasteiger partial charge in [-0.25, -0.2) is 0 Å². The third kappa shape index (κ3) is 6.13. The molecule has 2 N–H and O–H groups in total. The maximum atomic E-state index is 11.5. The van der Waals surface area contributed by atoms with Crippen LogP contribution >= 0.6 is 24.8 Å². The highest BCUT2D eigenvalue weighted by Crippen LogP contribution is 2.16. The highest BCUT2D eigenvalue weighted by atomic mass is 35.5. The van der Waals surface area contributed by atoms with Crippen LogP contribution in [0.15, 0.2) is 30.3 Å². The van der Waals surface area contributed by atoms with E-state index in [1.807, 2.05) is 4.90 Å². The smallest absolute Gasteiger partial charge is 0.236 e. The van der Waals surface area contributed by atoms with Gasteiger partial charge in [-0.3, -0.25) is 4.79 Å². The summed E-state index contributed by atoms with van der Waals surface area (Å²) >= 11 is 0. The molecule has 2 rings (SSSR count). The second kappa shape index (κ2) is 10.8. The van der Waals surface area contributed by atoms with E-state index in [-0.39, 0.29) is 37.3 Å². The second-order valence-corrected chi connectivity index (χ2v) is 5.53. The molecule has 4 nitrogen and oxygen atoms in total. The molecule has 0 spiro atoms. The predicted molar refractivity (Wildman–Crippen MR) is 95.9 cm³/mol. The number of hydrogen-bond acceptors (Lipinski definition) is 3. The zero-order chi connectivity index (χ0) is 14.4. The maximum absolute atomic E-state index is 11.5. The first-order valence-corrected chi connectivity index (χ1v) is 7.42. The quantitative estimate of drug-likeness (QED) is 0.885. The van der Waals surface area contributed by atoms with Crippen molar-refractivity contribution < 1.29 is 4.79 Å².